The number of nitrogen functional groups attached to an aromatic ring is 1. The fourth-order valence-corrected chi connectivity index (χ4v) is 2.12. The van der Waals surface area contributed by atoms with Gasteiger partial charge in [-0.05, 0) is 41.1 Å². The zero-order valence-electron chi connectivity index (χ0n) is 9.98. The highest BCUT2D eigenvalue weighted by atomic mass is 79.9. The van der Waals surface area contributed by atoms with Gasteiger partial charge in [-0.15, -0.1) is 0 Å². The topological polar surface area (TPSA) is 60.0 Å². The first-order chi connectivity index (χ1) is 8.61. The van der Waals surface area contributed by atoms with Gasteiger partial charge in [0.1, 0.15) is 5.69 Å². The van der Waals surface area contributed by atoms with Crippen molar-refractivity contribution in [2.24, 2.45) is 0 Å². The molecule has 0 aliphatic carbocycles. The van der Waals surface area contributed by atoms with Crippen LogP contribution in [0.15, 0.2) is 41.0 Å². The van der Waals surface area contributed by atoms with Gasteiger partial charge in [0.15, 0.2) is 0 Å². The van der Waals surface area contributed by atoms with Crippen LogP contribution >= 0.6 is 15.9 Å². The highest BCUT2D eigenvalue weighted by molar-refractivity contribution is 9.10. The second-order valence-corrected chi connectivity index (χ2v) is 4.73. The Labute approximate surface area is 114 Å². The van der Waals surface area contributed by atoms with E-state index < -0.39 is 0 Å². The number of carbonyl (C=O) groups excluding carboxylic acids is 1. The molecule has 0 saturated heterocycles. The summed E-state index contributed by atoms with van der Waals surface area (Å²) in [5.74, 6) is -0.166. The van der Waals surface area contributed by atoms with E-state index in [1.807, 2.05) is 35.8 Å². The molecule has 0 unspecified atom stereocenters. The summed E-state index contributed by atoms with van der Waals surface area (Å²) in [5, 5.41) is 2.85. The van der Waals surface area contributed by atoms with Crippen molar-refractivity contribution in [3.05, 3.63) is 46.7 Å². The Morgan fingerprint density at radius 1 is 1.44 bits per heavy atom. The minimum Gasteiger partial charge on any atom is -0.397 e. The second kappa shape index (κ2) is 5.27. The van der Waals surface area contributed by atoms with Gasteiger partial charge < -0.3 is 15.6 Å². The Morgan fingerprint density at radius 2 is 2.17 bits per heavy atom. The van der Waals surface area contributed by atoms with Crippen LogP contribution in [0.5, 0.6) is 0 Å². The predicted molar refractivity (Wildman–Crippen MR) is 76.6 cm³/mol. The molecule has 0 radical (unpaired) electrons. The van der Waals surface area contributed by atoms with Crippen molar-refractivity contribution in [3.8, 4) is 0 Å². The van der Waals surface area contributed by atoms with Gasteiger partial charge in [0.05, 0.1) is 11.4 Å². The van der Waals surface area contributed by atoms with E-state index in [1.165, 1.54) is 0 Å². The lowest BCUT2D eigenvalue weighted by atomic mass is 10.3. The number of halogens is 1. The Balaban J connectivity index is 2.25. The molecule has 1 amide bonds. The smallest absolute Gasteiger partial charge is 0.272 e. The summed E-state index contributed by atoms with van der Waals surface area (Å²) in [5.41, 5.74) is 7.60. The third kappa shape index (κ3) is 2.56. The molecule has 1 aromatic heterocycles. The summed E-state index contributed by atoms with van der Waals surface area (Å²) < 4.78 is 2.67. The lowest BCUT2D eigenvalue weighted by Crippen LogP contribution is -2.16. The fraction of sp³-hybridized carbons (Fsp3) is 0.154. The zero-order valence-corrected chi connectivity index (χ0v) is 11.6. The number of nitrogens with two attached hydrogens (primary N) is 1. The number of aryl methyl sites for hydroxylation is 1. The monoisotopic (exact) mass is 307 g/mol. The van der Waals surface area contributed by atoms with E-state index in [0.29, 0.717) is 17.9 Å². The van der Waals surface area contributed by atoms with Crippen LogP contribution in [0.3, 0.4) is 0 Å². The highest BCUT2D eigenvalue weighted by Crippen LogP contribution is 2.22. The summed E-state index contributed by atoms with van der Waals surface area (Å²) in [4.78, 5) is 12.2. The summed E-state index contributed by atoms with van der Waals surface area (Å²) in [7, 11) is 0. The minimum atomic E-state index is -0.166. The predicted octanol–water partition coefficient (Wildman–Crippen LogP) is 3.11. The molecule has 18 heavy (non-hydrogen) atoms. The molecule has 5 heteroatoms. The van der Waals surface area contributed by atoms with Crippen LogP contribution in [0.2, 0.25) is 0 Å². The van der Waals surface area contributed by atoms with E-state index in [2.05, 4.69) is 21.2 Å². The summed E-state index contributed by atoms with van der Waals surface area (Å²) in [6, 6.07) is 9.16. The molecule has 1 aromatic carbocycles. The maximum atomic E-state index is 12.2. The van der Waals surface area contributed by atoms with E-state index >= 15 is 0 Å². The van der Waals surface area contributed by atoms with Gasteiger partial charge in [-0.1, -0.05) is 12.1 Å². The van der Waals surface area contributed by atoms with Crippen molar-refractivity contribution in [2.75, 3.05) is 11.1 Å². The maximum absolute atomic E-state index is 12.2. The first-order valence-corrected chi connectivity index (χ1v) is 6.42. The minimum absolute atomic E-state index is 0.166. The van der Waals surface area contributed by atoms with Crippen LogP contribution in [0, 0.1) is 0 Å². The second-order valence-electron chi connectivity index (χ2n) is 3.88. The van der Waals surface area contributed by atoms with Crippen LogP contribution in [-0.4, -0.2) is 10.5 Å². The lowest BCUT2D eigenvalue weighted by molar-refractivity contribution is 0.101. The average molecular weight is 308 g/mol. The van der Waals surface area contributed by atoms with Crippen LogP contribution in [0.4, 0.5) is 11.4 Å². The number of aromatic nitrogens is 1. The summed E-state index contributed by atoms with van der Waals surface area (Å²) in [6.45, 7) is 2.67. The molecule has 0 spiro atoms. The number of carbonyl (C=O) groups is 1. The highest BCUT2D eigenvalue weighted by Gasteiger charge is 2.13. The molecule has 0 bridgehead atoms. The van der Waals surface area contributed by atoms with Gasteiger partial charge in [-0.2, -0.15) is 0 Å². The SMILES string of the molecule is CCn1cc(N)cc1C(=O)Nc1ccccc1Br. The quantitative estimate of drug-likeness (QED) is 0.915. The first kappa shape index (κ1) is 12.7. The third-order valence-corrected chi connectivity index (χ3v) is 3.30. The number of nitrogens with zero attached hydrogens (tertiary/aromatic N) is 1. The van der Waals surface area contributed by atoms with Crippen molar-refractivity contribution in [1.82, 2.24) is 4.57 Å². The Bertz CT molecular complexity index is 577. The standard InChI is InChI=1S/C13H14BrN3O/c1-2-17-8-9(15)7-12(17)13(18)16-11-6-4-3-5-10(11)14/h3-8H,2,15H2,1H3,(H,16,18). The molecule has 1 heterocycles. The molecule has 94 valence electrons. The van der Waals surface area contributed by atoms with Crippen molar-refractivity contribution in [3.63, 3.8) is 0 Å². The third-order valence-electron chi connectivity index (χ3n) is 2.61. The van der Waals surface area contributed by atoms with Gasteiger partial charge in [0.2, 0.25) is 0 Å². The number of nitrogens with one attached hydrogen (secondary N) is 1. The van der Waals surface area contributed by atoms with E-state index in [9.17, 15) is 4.79 Å². The van der Waals surface area contributed by atoms with Crippen molar-refractivity contribution in [1.29, 1.82) is 0 Å². The summed E-state index contributed by atoms with van der Waals surface area (Å²) >= 11 is 3.39. The van der Waals surface area contributed by atoms with Crippen LogP contribution in [-0.2, 0) is 6.54 Å². The van der Waals surface area contributed by atoms with Crippen molar-refractivity contribution < 1.29 is 4.79 Å². The molecule has 0 fully saturated rings. The van der Waals surface area contributed by atoms with E-state index in [1.54, 1.807) is 12.3 Å². The molecular formula is C13H14BrN3O. The van der Waals surface area contributed by atoms with Gasteiger partial charge in [-0.25, -0.2) is 0 Å². The summed E-state index contributed by atoms with van der Waals surface area (Å²) in [6.07, 6.45) is 1.76. The molecule has 0 aliphatic rings. The number of anilines is 2. The van der Waals surface area contributed by atoms with E-state index in [4.69, 9.17) is 5.73 Å². The molecule has 0 saturated carbocycles. The zero-order chi connectivity index (χ0) is 13.1. The molecular weight excluding hydrogens is 294 g/mol. The number of rotatable bonds is 3. The number of hydrogen-bond acceptors (Lipinski definition) is 2. The number of amides is 1. The Hall–Kier alpha value is -1.75. The van der Waals surface area contributed by atoms with Gasteiger partial charge in [0.25, 0.3) is 5.91 Å². The maximum Gasteiger partial charge on any atom is 0.272 e. The Morgan fingerprint density at radius 3 is 2.83 bits per heavy atom. The normalized spacial score (nSPS) is 10.3. The lowest BCUT2D eigenvalue weighted by Gasteiger charge is -2.08. The van der Waals surface area contributed by atoms with Crippen molar-refractivity contribution >= 4 is 33.2 Å². The molecule has 4 nitrogen and oxygen atoms in total. The largest absolute Gasteiger partial charge is 0.397 e. The Kier molecular flexibility index (Phi) is 3.72. The molecule has 2 rings (SSSR count). The van der Waals surface area contributed by atoms with Crippen LogP contribution in [0.25, 0.3) is 0 Å². The van der Waals surface area contributed by atoms with Crippen molar-refractivity contribution in [2.45, 2.75) is 13.5 Å². The first-order valence-electron chi connectivity index (χ1n) is 5.63. The average Bonchev–Trinajstić information content (AvgIpc) is 2.73. The molecule has 0 aliphatic heterocycles. The van der Waals surface area contributed by atoms with Gasteiger partial charge in [-0.3, -0.25) is 4.79 Å². The number of para-hydroxylation sites is 1. The molecule has 0 atom stereocenters. The van der Waals surface area contributed by atoms with Crippen LogP contribution in [0.1, 0.15) is 17.4 Å². The van der Waals surface area contributed by atoms with Gasteiger partial charge >= 0.3 is 0 Å². The fourth-order valence-electron chi connectivity index (χ4n) is 1.73. The van der Waals surface area contributed by atoms with Gasteiger partial charge in [0, 0.05) is 17.2 Å². The van der Waals surface area contributed by atoms with E-state index in [-0.39, 0.29) is 5.91 Å². The van der Waals surface area contributed by atoms with E-state index in [0.717, 1.165) is 10.2 Å². The number of hydrogen-bond donors (Lipinski definition) is 2. The molecule has 2 aromatic rings. The number of benzene rings is 1. The van der Waals surface area contributed by atoms with Crippen LogP contribution < -0.4 is 11.1 Å². The molecule has 3 N–H and O–H groups in total.